The number of rotatable bonds is 11. The molecule has 1 aliphatic rings. The van der Waals surface area contributed by atoms with E-state index >= 15 is 0 Å². The molecule has 0 saturated carbocycles. The van der Waals surface area contributed by atoms with Gasteiger partial charge >= 0.3 is 0 Å². The van der Waals surface area contributed by atoms with Gasteiger partial charge in [0.2, 0.25) is 5.91 Å². The van der Waals surface area contributed by atoms with E-state index in [1.54, 1.807) is 34.9 Å². The Morgan fingerprint density at radius 2 is 1.72 bits per heavy atom. The van der Waals surface area contributed by atoms with E-state index < -0.39 is 0 Å². The lowest BCUT2D eigenvalue weighted by molar-refractivity contribution is -0.126. The van der Waals surface area contributed by atoms with Crippen LogP contribution < -0.4 is 15.6 Å². The Bertz CT molecular complexity index is 1930. The van der Waals surface area contributed by atoms with E-state index in [-0.39, 0.29) is 35.8 Å². The molecule has 3 heterocycles. The van der Waals surface area contributed by atoms with Crippen LogP contribution in [-0.2, 0) is 24.4 Å². The van der Waals surface area contributed by atoms with E-state index in [2.05, 4.69) is 20.4 Å². The van der Waals surface area contributed by atoms with Crippen molar-refractivity contribution in [3.05, 3.63) is 111 Å². The predicted octanol–water partition coefficient (Wildman–Crippen LogP) is 4.83. The summed E-state index contributed by atoms with van der Waals surface area (Å²) in [6.45, 7) is 5.91. The molecule has 0 spiro atoms. The molecule has 1 fully saturated rings. The van der Waals surface area contributed by atoms with Gasteiger partial charge in [-0.1, -0.05) is 35.9 Å². The SMILES string of the molecule is CC(C)Oc1ccc(C(=O)Cn2nccn2)cc1-n1c(CN2CCC(C(=O)NCc3ccc(Cl)cc3)CC2)nc2ccccc2c1=O. The number of hydrogen-bond donors (Lipinski definition) is 1. The van der Waals surface area contributed by atoms with Gasteiger partial charge in [-0.05, 0) is 87.8 Å². The molecule has 1 saturated heterocycles. The molecule has 0 unspecified atom stereocenters. The quantitative estimate of drug-likeness (QED) is 0.201. The molecule has 0 bridgehead atoms. The lowest BCUT2D eigenvalue weighted by atomic mass is 9.95. The average molecular weight is 654 g/mol. The van der Waals surface area contributed by atoms with E-state index in [4.69, 9.17) is 21.3 Å². The highest BCUT2D eigenvalue weighted by Crippen LogP contribution is 2.28. The van der Waals surface area contributed by atoms with Crippen molar-refractivity contribution in [3.63, 3.8) is 0 Å². The smallest absolute Gasteiger partial charge is 0.266 e. The number of ether oxygens (including phenoxy) is 1. The maximum atomic E-state index is 14.2. The standard InChI is InChI=1S/C35H36ClN7O4/c1-23(2)47-32-12-9-26(31(44)21-42-38-15-16-39-42)19-30(32)43-33(40-29-6-4-3-5-28(29)35(43)46)22-41-17-13-25(14-18-41)34(45)37-20-24-7-10-27(36)11-8-24/h3-12,15-16,19,23,25H,13-14,17-18,20-22H2,1-2H3,(H,37,45). The lowest BCUT2D eigenvalue weighted by Crippen LogP contribution is -2.41. The Morgan fingerprint density at radius 3 is 2.45 bits per heavy atom. The molecule has 242 valence electrons. The number of ketones is 1. The van der Waals surface area contributed by atoms with Crippen LogP contribution in [-0.4, -0.2) is 60.3 Å². The van der Waals surface area contributed by atoms with Crippen molar-refractivity contribution in [1.82, 2.24) is 34.8 Å². The number of amides is 1. The average Bonchev–Trinajstić information content (AvgIpc) is 3.58. The summed E-state index contributed by atoms with van der Waals surface area (Å²) in [6.07, 6.45) is 4.21. The van der Waals surface area contributed by atoms with E-state index in [9.17, 15) is 14.4 Å². The fraction of sp³-hybridized carbons (Fsp3) is 0.314. The molecule has 6 rings (SSSR count). The van der Waals surface area contributed by atoms with Gasteiger partial charge in [0, 0.05) is 23.0 Å². The summed E-state index contributed by atoms with van der Waals surface area (Å²) in [6, 6.07) is 19.8. The molecule has 3 aromatic carbocycles. The Hall–Kier alpha value is -4.87. The van der Waals surface area contributed by atoms with Crippen LogP contribution in [0.1, 0.15) is 48.4 Å². The fourth-order valence-electron chi connectivity index (χ4n) is 5.79. The van der Waals surface area contributed by atoms with Gasteiger partial charge in [-0.15, -0.1) is 0 Å². The molecule has 1 aliphatic heterocycles. The second kappa shape index (κ2) is 14.3. The largest absolute Gasteiger partial charge is 0.489 e. The van der Waals surface area contributed by atoms with Crippen molar-refractivity contribution in [2.45, 2.75) is 52.4 Å². The van der Waals surface area contributed by atoms with E-state index in [0.717, 1.165) is 5.56 Å². The Kier molecular flexibility index (Phi) is 9.74. The Morgan fingerprint density at radius 1 is 1.00 bits per heavy atom. The third kappa shape index (κ3) is 7.58. The first-order valence-corrected chi connectivity index (χ1v) is 16.1. The molecule has 0 radical (unpaired) electrons. The number of halogens is 1. The van der Waals surface area contributed by atoms with Crippen LogP contribution in [0.4, 0.5) is 0 Å². The summed E-state index contributed by atoms with van der Waals surface area (Å²) in [5.74, 6) is 0.695. The van der Waals surface area contributed by atoms with Crippen molar-refractivity contribution >= 4 is 34.2 Å². The molecular formula is C35H36ClN7O4. The van der Waals surface area contributed by atoms with Gasteiger partial charge in [0.05, 0.1) is 41.6 Å². The second-order valence-electron chi connectivity index (χ2n) is 11.9. The third-order valence-electron chi connectivity index (χ3n) is 8.18. The van der Waals surface area contributed by atoms with E-state index in [0.29, 0.717) is 77.8 Å². The first-order valence-electron chi connectivity index (χ1n) is 15.7. The molecule has 0 aliphatic carbocycles. The topological polar surface area (TPSA) is 124 Å². The van der Waals surface area contributed by atoms with Gasteiger partial charge in [0.25, 0.3) is 5.56 Å². The van der Waals surface area contributed by atoms with Gasteiger partial charge in [0.15, 0.2) is 5.78 Å². The number of nitrogens with one attached hydrogen (secondary N) is 1. The Labute approximate surface area is 277 Å². The molecule has 1 N–H and O–H groups in total. The summed E-state index contributed by atoms with van der Waals surface area (Å²) in [5, 5.41) is 12.3. The first kappa shape index (κ1) is 32.1. The maximum absolute atomic E-state index is 14.2. The van der Waals surface area contributed by atoms with Gasteiger partial charge in [-0.3, -0.25) is 23.9 Å². The predicted molar refractivity (Wildman–Crippen MR) is 179 cm³/mol. The van der Waals surface area contributed by atoms with E-state index in [1.807, 2.05) is 50.2 Å². The summed E-state index contributed by atoms with van der Waals surface area (Å²) in [4.78, 5) is 48.9. The Balaban J connectivity index is 1.27. The van der Waals surface area contributed by atoms with E-state index in [1.165, 1.54) is 17.2 Å². The van der Waals surface area contributed by atoms with Crippen molar-refractivity contribution in [1.29, 1.82) is 0 Å². The van der Waals surface area contributed by atoms with Crippen LogP contribution in [0.15, 0.2) is 83.9 Å². The van der Waals surface area contributed by atoms with Crippen LogP contribution in [0.5, 0.6) is 5.75 Å². The number of carbonyl (C=O) groups excluding carboxylic acids is 2. The van der Waals surface area contributed by atoms with Gasteiger partial charge in [0.1, 0.15) is 18.1 Å². The monoisotopic (exact) mass is 653 g/mol. The number of benzene rings is 3. The molecule has 47 heavy (non-hydrogen) atoms. The van der Waals surface area contributed by atoms with Crippen molar-refractivity contribution in [2.75, 3.05) is 13.1 Å². The van der Waals surface area contributed by atoms with Crippen LogP contribution in [0.25, 0.3) is 16.6 Å². The zero-order valence-corrected chi connectivity index (χ0v) is 27.1. The fourth-order valence-corrected chi connectivity index (χ4v) is 5.91. The first-order chi connectivity index (χ1) is 22.7. The highest BCUT2D eigenvalue weighted by Gasteiger charge is 2.27. The normalized spacial score (nSPS) is 14.0. The highest BCUT2D eigenvalue weighted by molar-refractivity contribution is 6.30. The van der Waals surface area contributed by atoms with Gasteiger partial charge < -0.3 is 10.1 Å². The summed E-state index contributed by atoms with van der Waals surface area (Å²) < 4.78 is 7.72. The minimum atomic E-state index is -0.256. The summed E-state index contributed by atoms with van der Waals surface area (Å²) >= 11 is 5.98. The van der Waals surface area contributed by atoms with Crippen LogP contribution >= 0.6 is 11.6 Å². The zero-order valence-electron chi connectivity index (χ0n) is 26.3. The zero-order chi connectivity index (χ0) is 32.9. The number of para-hydroxylation sites is 1. The lowest BCUT2D eigenvalue weighted by Gasteiger charge is -2.31. The van der Waals surface area contributed by atoms with Crippen LogP contribution in [0.3, 0.4) is 0 Å². The number of hydrogen-bond acceptors (Lipinski definition) is 8. The third-order valence-corrected chi connectivity index (χ3v) is 8.44. The number of fused-ring (bicyclic) bond motifs is 1. The number of likely N-dealkylation sites (tertiary alicyclic amines) is 1. The maximum Gasteiger partial charge on any atom is 0.266 e. The van der Waals surface area contributed by atoms with Crippen LogP contribution in [0, 0.1) is 5.92 Å². The molecule has 12 heteroatoms. The van der Waals surface area contributed by atoms with Crippen molar-refractivity contribution in [3.8, 4) is 11.4 Å². The number of piperidine rings is 1. The molecule has 0 atom stereocenters. The summed E-state index contributed by atoms with van der Waals surface area (Å²) in [5.41, 5.74) is 2.15. The molecule has 5 aromatic rings. The number of aromatic nitrogens is 5. The van der Waals surface area contributed by atoms with Gasteiger partial charge in [-0.2, -0.15) is 15.0 Å². The van der Waals surface area contributed by atoms with Crippen molar-refractivity contribution in [2.24, 2.45) is 5.92 Å². The minimum Gasteiger partial charge on any atom is -0.489 e. The summed E-state index contributed by atoms with van der Waals surface area (Å²) in [7, 11) is 0. The van der Waals surface area contributed by atoms with Crippen molar-refractivity contribution < 1.29 is 14.3 Å². The molecule has 11 nitrogen and oxygen atoms in total. The molecule has 1 amide bonds. The highest BCUT2D eigenvalue weighted by atomic mass is 35.5. The second-order valence-corrected chi connectivity index (χ2v) is 12.3. The van der Waals surface area contributed by atoms with Crippen LogP contribution in [0.2, 0.25) is 5.02 Å². The van der Waals surface area contributed by atoms with Gasteiger partial charge in [-0.25, -0.2) is 4.98 Å². The number of nitrogens with zero attached hydrogens (tertiary/aromatic N) is 6. The minimum absolute atomic E-state index is 0.0302. The number of Topliss-reactive ketones (excluding diaryl/α,β-unsaturated/α-hetero) is 1. The molecule has 2 aromatic heterocycles. The molecular weight excluding hydrogens is 618 g/mol. The number of carbonyl (C=O) groups is 2.